The highest BCUT2D eigenvalue weighted by atomic mass is 16.3. The first-order chi connectivity index (χ1) is 8.35. The first-order valence-corrected chi connectivity index (χ1v) is 6.43. The second-order valence-electron chi connectivity index (χ2n) is 4.47. The minimum absolute atomic E-state index is 0.0928. The molecule has 1 aliphatic rings. The minimum atomic E-state index is 0.0928. The maximum Gasteiger partial charge on any atom is 0.0629 e. The monoisotopic (exact) mass is 238 g/mol. The van der Waals surface area contributed by atoms with Crippen molar-refractivity contribution in [3.63, 3.8) is 0 Å². The zero-order valence-corrected chi connectivity index (χ0v) is 10.5. The Morgan fingerprint density at radius 2 is 2.35 bits per heavy atom. The third kappa shape index (κ3) is 3.06. The lowest BCUT2D eigenvalue weighted by Crippen LogP contribution is -2.34. The van der Waals surface area contributed by atoms with Crippen LogP contribution < -0.4 is 5.32 Å². The number of aliphatic hydroxyl groups excluding tert-OH is 1. The van der Waals surface area contributed by atoms with E-state index in [1.165, 1.54) is 0 Å². The van der Waals surface area contributed by atoms with Crippen LogP contribution in [-0.2, 0) is 6.54 Å². The molecule has 0 bridgehead atoms. The molecule has 1 unspecified atom stereocenters. The third-order valence-electron chi connectivity index (χ3n) is 3.35. The number of hydrogen-bond acceptors (Lipinski definition) is 4. The van der Waals surface area contributed by atoms with E-state index in [2.05, 4.69) is 22.2 Å². The summed E-state index contributed by atoms with van der Waals surface area (Å²) in [6.45, 7) is 7.20. The Balaban J connectivity index is 2.08. The molecule has 0 aromatic carbocycles. The number of aromatic nitrogens is 2. The molecule has 1 aromatic rings. The molecule has 17 heavy (non-hydrogen) atoms. The lowest BCUT2D eigenvalue weighted by Gasteiger charge is -2.28. The van der Waals surface area contributed by atoms with Crippen LogP contribution in [0.4, 0.5) is 0 Å². The Morgan fingerprint density at radius 1 is 1.47 bits per heavy atom. The second kappa shape index (κ2) is 6.14. The van der Waals surface area contributed by atoms with Gasteiger partial charge in [0.25, 0.3) is 0 Å². The van der Waals surface area contributed by atoms with Gasteiger partial charge < -0.3 is 10.4 Å². The van der Waals surface area contributed by atoms with Crippen LogP contribution in [0.2, 0.25) is 0 Å². The Morgan fingerprint density at radius 3 is 3.06 bits per heavy atom. The van der Waals surface area contributed by atoms with Gasteiger partial charge >= 0.3 is 0 Å². The largest absolute Gasteiger partial charge is 0.394 e. The fraction of sp³-hybridized carbons (Fsp3) is 0.750. The van der Waals surface area contributed by atoms with Crippen molar-refractivity contribution in [2.75, 3.05) is 32.8 Å². The molecule has 0 aliphatic carbocycles. The summed E-state index contributed by atoms with van der Waals surface area (Å²) in [6.07, 6.45) is 5.06. The van der Waals surface area contributed by atoms with Crippen molar-refractivity contribution in [3.8, 4) is 0 Å². The summed E-state index contributed by atoms with van der Waals surface area (Å²) in [6, 6.07) is 0.0928. The number of nitrogens with zero attached hydrogens (tertiary/aromatic N) is 3. The van der Waals surface area contributed by atoms with E-state index in [0.717, 1.165) is 44.7 Å². The molecule has 96 valence electrons. The summed E-state index contributed by atoms with van der Waals surface area (Å²) in [5.74, 6) is 0. The lowest BCUT2D eigenvalue weighted by molar-refractivity contribution is 0.129. The van der Waals surface area contributed by atoms with E-state index in [4.69, 9.17) is 0 Å². The molecular formula is C12H22N4O. The Kier molecular flexibility index (Phi) is 4.53. The van der Waals surface area contributed by atoms with Crippen LogP contribution in [0.3, 0.4) is 0 Å². The van der Waals surface area contributed by atoms with Crippen molar-refractivity contribution in [2.24, 2.45) is 0 Å². The summed E-state index contributed by atoms with van der Waals surface area (Å²) >= 11 is 0. The Hall–Kier alpha value is -0.910. The number of aryl methyl sites for hydroxylation is 1. The van der Waals surface area contributed by atoms with E-state index in [1.54, 1.807) is 0 Å². The van der Waals surface area contributed by atoms with E-state index in [0.29, 0.717) is 0 Å². The molecule has 0 radical (unpaired) electrons. The summed E-state index contributed by atoms with van der Waals surface area (Å²) in [5.41, 5.74) is 1.12. The van der Waals surface area contributed by atoms with E-state index in [-0.39, 0.29) is 12.6 Å². The lowest BCUT2D eigenvalue weighted by atomic mass is 10.1. The standard InChI is InChI=1S/C12H22N4O/c1-2-16-9-11(8-14-16)12(10-17)15-6-3-4-13-5-7-15/h8-9,12-13,17H,2-7,10H2,1H3. The van der Waals surface area contributed by atoms with Crippen molar-refractivity contribution in [2.45, 2.75) is 25.9 Å². The highest BCUT2D eigenvalue weighted by Crippen LogP contribution is 2.20. The van der Waals surface area contributed by atoms with Gasteiger partial charge in [0.2, 0.25) is 0 Å². The van der Waals surface area contributed by atoms with Gasteiger partial charge in [-0.2, -0.15) is 5.10 Å². The molecule has 1 fully saturated rings. The highest BCUT2D eigenvalue weighted by Gasteiger charge is 2.21. The van der Waals surface area contributed by atoms with Gasteiger partial charge in [-0.05, 0) is 19.9 Å². The van der Waals surface area contributed by atoms with Gasteiger partial charge in [-0.1, -0.05) is 0 Å². The summed E-state index contributed by atoms with van der Waals surface area (Å²) in [4.78, 5) is 2.34. The van der Waals surface area contributed by atoms with Crippen LogP contribution in [0.25, 0.3) is 0 Å². The van der Waals surface area contributed by atoms with Crippen LogP contribution >= 0.6 is 0 Å². The van der Waals surface area contributed by atoms with Crippen LogP contribution in [0.15, 0.2) is 12.4 Å². The van der Waals surface area contributed by atoms with Crippen molar-refractivity contribution in [1.29, 1.82) is 0 Å². The third-order valence-corrected chi connectivity index (χ3v) is 3.35. The Labute approximate surface area is 102 Å². The first kappa shape index (κ1) is 12.5. The molecular weight excluding hydrogens is 216 g/mol. The molecule has 1 atom stereocenters. The minimum Gasteiger partial charge on any atom is -0.394 e. The number of rotatable bonds is 4. The predicted octanol–water partition coefficient (Wildman–Crippen LogP) is 0.232. The molecule has 2 heterocycles. The molecule has 2 N–H and O–H groups in total. The van der Waals surface area contributed by atoms with Crippen molar-refractivity contribution < 1.29 is 5.11 Å². The van der Waals surface area contributed by atoms with Gasteiger partial charge in [0.15, 0.2) is 0 Å². The van der Waals surface area contributed by atoms with E-state index in [9.17, 15) is 5.11 Å². The van der Waals surface area contributed by atoms with Gasteiger partial charge in [0.1, 0.15) is 0 Å². The first-order valence-electron chi connectivity index (χ1n) is 6.43. The predicted molar refractivity (Wildman–Crippen MR) is 66.8 cm³/mol. The Bertz CT molecular complexity index is 331. The number of nitrogens with one attached hydrogen (secondary N) is 1. The topological polar surface area (TPSA) is 53.3 Å². The van der Waals surface area contributed by atoms with Gasteiger partial charge in [-0.25, -0.2) is 0 Å². The van der Waals surface area contributed by atoms with Gasteiger partial charge in [0.05, 0.1) is 18.8 Å². The van der Waals surface area contributed by atoms with Crippen LogP contribution in [0, 0.1) is 0 Å². The molecule has 1 aromatic heterocycles. The summed E-state index contributed by atoms with van der Waals surface area (Å²) in [7, 11) is 0. The van der Waals surface area contributed by atoms with Gasteiger partial charge in [-0.15, -0.1) is 0 Å². The quantitative estimate of drug-likeness (QED) is 0.788. The average Bonchev–Trinajstić information content (AvgIpc) is 2.66. The maximum absolute atomic E-state index is 9.61. The smallest absolute Gasteiger partial charge is 0.0629 e. The number of hydrogen-bond donors (Lipinski definition) is 2. The van der Waals surface area contributed by atoms with Crippen molar-refractivity contribution in [3.05, 3.63) is 18.0 Å². The zero-order chi connectivity index (χ0) is 12.1. The van der Waals surface area contributed by atoms with Crippen LogP contribution in [0.1, 0.15) is 24.9 Å². The van der Waals surface area contributed by atoms with Crippen molar-refractivity contribution in [1.82, 2.24) is 20.0 Å². The second-order valence-corrected chi connectivity index (χ2v) is 4.47. The van der Waals surface area contributed by atoms with Crippen LogP contribution in [-0.4, -0.2) is 52.6 Å². The van der Waals surface area contributed by atoms with E-state index >= 15 is 0 Å². The molecule has 1 saturated heterocycles. The van der Waals surface area contributed by atoms with Gasteiger partial charge in [0, 0.05) is 37.9 Å². The van der Waals surface area contributed by atoms with Crippen LogP contribution in [0.5, 0.6) is 0 Å². The molecule has 0 saturated carbocycles. The molecule has 0 spiro atoms. The molecule has 2 rings (SSSR count). The normalized spacial score (nSPS) is 20.1. The molecule has 5 nitrogen and oxygen atoms in total. The SMILES string of the molecule is CCn1cc(C(CO)N2CCCNCC2)cn1. The fourth-order valence-corrected chi connectivity index (χ4v) is 2.33. The highest BCUT2D eigenvalue weighted by molar-refractivity contribution is 5.11. The number of aliphatic hydroxyl groups is 1. The van der Waals surface area contributed by atoms with Crippen molar-refractivity contribution >= 4 is 0 Å². The van der Waals surface area contributed by atoms with E-state index in [1.807, 2.05) is 17.1 Å². The van der Waals surface area contributed by atoms with E-state index < -0.39 is 0 Å². The summed E-state index contributed by atoms with van der Waals surface area (Å²) in [5, 5.41) is 17.3. The molecule has 5 heteroatoms. The maximum atomic E-state index is 9.61. The zero-order valence-electron chi connectivity index (χ0n) is 10.5. The molecule has 1 aliphatic heterocycles. The summed E-state index contributed by atoms with van der Waals surface area (Å²) < 4.78 is 1.91. The fourth-order valence-electron chi connectivity index (χ4n) is 2.33. The molecule has 0 amide bonds. The average molecular weight is 238 g/mol. The van der Waals surface area contributed by atoms with Gasteiger partial charge in [-0.3, -0.25) is 9.58 Å².